The van der Waals surface area contributed by atoms with Crippen LogP contribution in [0.4, 0.5) is 13.2 Å². The number of alkyl halides is 3. The van der Waals surface area contributed by atoms with Gasteiger partial charge in [-0.05, 0) is 43.7 Å². The minimum Gasteiger partial charge on any atom is -0.485 e. The quantitative estimate of drug-likeness (QED) is 0.853. The molecular weight excluding hydrogens is 351 g/mol. The molecule has 26 heavy (non-hydrogen) atoms. The van der Waals surface area contributed by atoms with Gasteiger partial charge in [0.25, 0.3) is 5.56 Å². The molecule has 2 heterocycles. The number of fused-ring (bicyclic) bond motifs is 1. The molecule has 2 aromatic rings. The van der Waals surface area contributed by atoms with Crippen LogP contribution in [0.5, 0.6) is 5.75 Å². The summed E-state index contributed by atoms with van der Waals surface area (Å²) in [6.45, 7) is 2.85. The average Bonchev–Trinajstić information content (AvgIpc) is 2.55. The van der Waals surface area contributed by atoms with Gasteiger partial charge in [-0.2, -0.15) is 13.2 Å². The maximum Gasteiger partial charge on any atom is 0.416 e. The van der Waals surface area contributed by atoms with Crippen LogP contribution in [-0.2, 0) is 12.8 Å². The van der Waals surface area contributed by atoms with Gasteiger partial charge in [-0.25, -0.2) is 0 Å². The van der Waals surface area contributed by atoms with Crippen molar-refractivity contribution >= 4 is 0 Å². The molecule has 0 bridgehead atoms. The fourth-order valence-electron chi connectivity index (χ4n) is 3.10. The van der Waals surface area contributed by atoms with Crippen LogP contribution in [0.15, 0.2) is 41.3 Å². The Kier molecular flexibility index (Phi) is 4.36. The zero-order chi connectivity index (χ0) is 19.3. The predicted octanol–water partition coefficient (Wildman–Crippen LogP) is 2.48. The highest BCUT2D eigenvalue weighted by Gasteiger charge is 2.45. The average molecular weight is 369 g/mol. The van der Waals surface area contributed by atoms with Gasteiger partial charge in [0.15, 0.2) is 0 Å². The number of aliphatic hydroxyl groups excluding tert-OH is 2. The van der Waals surface area contributed by atoms with Crippen molar-refractivity contribution in [2.24, 2.45) is 0 Å². The molecule has 0 saturated carbocycles. The van der Waals surface area contributed by atoms with Crippen molar-refractivity contribution in [3.8, 4) is 5.75 Å². The molecule has 8 heteroatoms. The lowest BCUT2D eigenvalue weighted by Crippen LogP contribution is -2.52. The van der Waals surface area contributed by atoms with E-state index in [0.29, 0.717) is 5.56 Å². The Balaban J connectivity index is 2.22. The zero-order valence-corrected chi connectivity index (χ0v) is 14.1. The summed E-state index contributed by atoms with van der Waals surface area (Å²) in [5, 5.41) is 19.9. The van der Waals surface area contributed by atoms with Crippen LogP contribution in [0.2, 0.25) is 0 Å². The Labute approximate surface area is 147 Å². The molecule has 0 saturated heterocycles. The van der Waals surface area contributed by atoms with Crippen molar-refractivity contribution in [2.45, 2.75) is 44.4 Å². The minimum absolute atomic E-state index is 0.0745. The van der Waals surface area contributed by atoms with Crippen molar-refractivity contribution < 1.29 is 28.1 Å². The normalized spacial score (nSPS) is 21.8. The Morgan fingerprint density at radius 1 is 1.23 bits per heavy atom. The second kappa shape index (κ2) is 6.14. The van der Waals surface area contributed by atoms with E-state index in [1.54, 1.807) is 13.8 Å². The molecule has 0 radical (unpaired) electrons. The van der Waals surface area contributed by atoms with Crippen molar-refractivity contribution in [3.63, 3.8) is 0 Å². The third kappa shape index (κ3) is 3.10. The summed E-state index contributed by atoms with van der Waals surface area (Å²) in [5.74, 6) is 0.177. The second-order valence-electron chi connectivity index (χ2n) is 6.78. The molecule has 0 aliphatic carbocycles. The Morgan fingerprint density at radius 2 is 1.92 bits per heavy atom. The van der Waals surface area contributed by atoms with Crippen LogP contribution < -0.4 is 10.3 Å². The van der Waals surface area contributed by atoms with Gasteiger partial charge in [-0.15, -0.1) is 0 Å². The van der Waals surface area contributed by atoms with E-state index in [9.17, 15) is 23.1 Å². The number of ether oxygens (including phenoxy) is 1. The molecule has 2 N–H and O–H groups in total. The van der Waals surface area contributed by atoms with E-state index in [2.05, 4.69) is 0 Å². The maximum atomic E-state index is 13.1. The monoisotopic (exact) mass is 369 g/mol. The molecule has 3 rings (SSSR count). The smallest absolute Gasteiger partial charge is 0.416 e. The van der Waals surface area contributed by atoms with Gasteiger partial charge in [0, 0.05) is 17.8 Å². The summed E-state index contributed by atoms with van der Waals surface area (Å²) in [6.07, 6.45) is -4.48. The fraction of sp³-hybridized carbons (Fsp3) is 0.389. The fourth-order valence-corrected chi connectivity index (χ4v) is 3.10. The molecule has 5 nitrogen and oxygen atoms in total. The molecule has 1 aromatic carbocycles. The van der Waals surface area contributed by atoms with Gasteiger partial charge in [-0.1, -0.05) is 0 Å². The third-order valence-electron chi connectivity index (χ3n) is 4.53. The van der Waals surface area contributed by atoms with Crippen LogP contribution in [0.1, 0.15) is 36.6 Å². The van der Waals surface area contributed by atoms with Gasteiger partial charge in [0.05, 0.1) is 18.2 Å². The van der Waals surface area contributed by atoms with Crippen molar-refractivity contribution in [2.75, 3.05) is 0 Å². The Morgan fingerprint density at radius 3 is 2.50 bits per heavy atom. The predicted molar refractivity (Wildman–Crippen MR) is 86.9 cm³/mol. The lowest BCUT2D eigenvalue weighted by molar-refractivity contribution is -0.137. The molecule has 1 aliphatic heterocycles. The van der Waals surface area contributed by atoms with Crippen molar-refractivity contribution in [1.29, 1.82) is 0 Å². The van der Waals surface area contributed by atoms with Gasteiger partial charge in [-0.3, -0.25) is 4.79 Å². The van der Waals surface area contributed by atoms with Crippen LogP contribution in [0, 0.1) is 0 Å². The molecule has 140 valence electrons. The van der Waals surface area contributed by atoms with E-state index in [1.807, 2.05) is 0 Å². The topological polar surface area (TPSA) is 71.7 Å². The Hall–Kier alpha value is -2.32. The molecule has 1 aromatic heterocycles. The number of rotatable bonds is 2. The third-order valence-corrected chi connectivity index (χ3v) is 4.53. The van der Waals surface area contributed by atoms with Crippen molar-refractivity contribution in [1.82, 2.24) is 4.57 Å². The van der Waals surface area contributed by atoms with Crippen LogP contribution in [-0.4, -0.2) is 26.5 Å². The number of aliphatic hydroxyl groups is 2. The highest BCUT2D eigenvalue weighted by Crippen LogP contribution is 2.43. The molecule has 0 spiro atoms. The molecule has 0 fully saturated rings. The molecule has 0 unspecified atom stereocenters. The molecular formula is C18H18F3NO4. The summed E-state index contributed by atoms with van der Waals surface area (Å²) in [6, 6.07) is 4.60. The number of hydrogen-bond acceptors (Lipinski definition) is 4. The Bertz CT molecular complexity index is 889. The van der Waals surface area contributed by atoms with Gasteiger partial charge >= 0.3 is 6.18 Å². The van der Waals surface area contributed by atoms with Crippen LogP contribution in [0.25, 0.3) is 0 Å². The standard InChI is InChI=1S/C18H18F3NO4/c1-17(2)16(25)15(22-6-5-10(9-23)7-14(22)24)12-8-11(18(19,20)21)3-4-13(12)26-17/h3-8,15-16,23,25H,9H2,1-2H3/t15-,16+/m1/s1. The number of hydrogen-bond donors (Lipinski definition) is 2. The highest BCUT2D eigenvalue weighted by atomic mass is 19.4. The molecule has 0 amide bonds. The first kappa shape index (κ1) is 18.5. The van der Waals surface area contributed by atoms with E-state index in [-0.39, 0.29) is 17.9 Å². The molecule has 2 atom stereocenters. The number of aromatic nitrogens is 1. The largest absolute Gasteiger partial charge is 0.485 e. The van der Waals surface area contributed by atoms with Gasteiger partial charge < -0.3 is 19.5 Å². The van der Waals surface area contributed by atoms with E-state index >= 15 is 0 Å². The van der Waals surface area contributed by atoms with Crippen LogP contribution >= 0.6 is 0 Å². The summed E-state index contributed by atoms with van der Waals surface area (Å²) in [4.78, 5) is 12.4. The summed E-state index contributed by atoms with van der Waals surface area (Å²) < 4.78 is 46.2. The second-order valence-corrected chi connectivity index (χ2v) is 6.78. The van der Waals surface area contributed by atoms with E-state index < -0.39 is 35.0 Å². The number of benzene rings is 1. The lowest BCUT2D eigenvalue weighted by atomic mass is 9.85. The summed E-state index contributed by atoms with van der Waals surface area (Å²) in [5.41, 5.74) is -2.10. The first-order chi connectivity index (χ1) is 12.0. The van der Waals surface area contributed by atoms with E-state index in [4.69, 9.17) is 9.84 Å². The number of pyridine rings is 1. The first-order valence-electron chi connectivity index (χ1n) is 7.95. The number of halogens is 3. The maximum absolute atomic E-state index is 13.1. The SMILES string of the molecule is CC1(C)Oc2ccc(C(F)(F)F)cc2[C@@H](n2ccc(CO)cc2=O)[C@@H]1O. The van der Waals surface area contributed by atoms with Crippen LogP contribution in [0.3, 0.4) is 0 Å². The minimum atomic E-state index is -4.57. The number of nitrogens with zero attached hydrogens (tertiary/aromatic N) is 1. The zero-order valence-electron chi connectivity index (χ0n) is 14.1. The van der Waals surface area contributed by atoms with E-state index in [0.717, 1.165) is 16.7 Å². The summed E-state index contributed by atoms with van der Waals surface area (Å²) >= 11 is 0. The van der Waals surface area contributed by atoms with Gasteiger partial charge in [0.1, 0.15) is 17.5 Å². The highest BCUT2D eigenvalue weighted by molar-refractivity contribution is 5.44. The molecule has 1 aliphatic rings. The first-order valence-corrected chi connectivity index (χ1v) is 7.95. The lowest BCUT2D eigenvalue weighted by Gasteiger charge is -2.42. The van der Waals surface area contributed by atoms with Gasteiger partial charge in [0.2, 0.25) is 0 Å². The van der Waals surface area contributed by atoms with Crippen molar-refractivity contribution in [3.05, 3.63) is 63.6 Å². The summed E-state index contributed by atoms with van der Waals surface area (Å²) in [7, 11) is 0. The van der Waals surface area contributed by atoms with E-state index in [1.165, 1.54) is 24.4 Å².